The minimum atomic E-state index is 0.125. The first-order valence-corrected chi connectivity index (χ1v) is 6.91. The number of nitrogens with two attached hydrogens (primary N) is 1. The zero-order chi connectivity index (χ0) is 12.3. The van der Waals surface area contributed by atoms with Crippen LogP contribution in [0.1, 0.15) is 56.5 Å². The van der Waals surface area contributed by atoms with Crippen molar-refractivity contribution in [3.05, 3.63) is 29.6 Å². The summed E-state index contributed by atoms with van der Waals surface area (Å²) in [5.74, 6) is 1.42. The van der Waals surface area contributed by atoms with Gasteiger partial charge in [-0.05, 0) is 37.3 Å². The third-order valence-corrected chi connectivity index (χ3v) is 4.20. The van der Waals surface area contributed by atoms with Crippen LogP contribution in [0.2, 0.25) is 0 Å². The van der Waals surface area contributed by atoms with E-state index >= 15 is 0 Å². The SMILES string of the molecule is CCC1CCCCC1C(N)c1cccc(C)n1. The molecule has 0 saturated heterocycles. The Labute approximate surface area is 105 Å². The average Bonchev–Trinajstić information content (AvgIpc) is 2.38. The van der Waals surface area contributed by atoms with Crippen LogP contribution in [0.5, 0.6) is 0 Å². The Bertz CT molecular complexity index is 362. The topological polar surface area (TPSA) is 38.9 Å². The molecule has 2 rings (SSSR count). The van der Waals surface area contributed by atoms with Crippen LogP contribution in [0.3, 0.4) is 0 Å². The standard InChI is InChI=1S/C15H24N2/c1-3-12-8-4-5-9-13(12)15(16)14-10-6-7-11(2)17-14/h6-7,10,12-13,15H,3-5,8-9,16H2,1-2H3. The van der Waals surface area contributed by atoms with Gasteiger partial charge < -0.3 is 5.73 Å². The van der Waals surface area contributed by atoms with E-state index in [1.54, 1.807) is 0 Å². The first-order chi connectivity index (χ1) is 8.22. The maximum atomic E-state index is 6.44. The molecule has 3 unspecified atom stereocenters. The molecule has 2 N–H and O–H groups in total. The van der Waals surface area contributed by atoms with Crippen molar-refractivity contribution in [1.29, 1.82) is 0 Å². The Morgan fingerprint density at radius 2 is 2.12 bits per heavy atom. The van der Waals surface area contributed by atoms with Crippen LogP contribution >= 0.6 is 0 Å². The highest BCUT2D eigenvalue weighted by molar-refractivity contribution is 5.14. The maximum Gasteiger partial charge on any atom is 0.0577 e. The number of nitrogens with zero attached hydrogens (tertiary/aromatic N) is 1. The van der Waals surface area contributed by atoms with Gasteiger partial charge in [0.15, 0.2) is 0 Å². The smallest absolute Gasteiger partial charge is 0.0577 e. The van der Waals surface area contributed by atoms with Crippen LogP contribution < -0.4 is 5.73 Å². The zero-order valence-electron chi connectivity index (χ0n) is 11.0. The fourth-order valence-corrected chi connectivity index (χ4v) is 3.19. The second kappa shape index (κ2) is 5.63. The number of aryl methyl sites for hydroxylation is 1. The van der Waals surface area contributed by atoms with E-state index in [1.807, 2.05) is 13.0 Å². The Morgan fingerprint density at radius 3 is 2.82 bits per heavy atom. The van der Waals surface area contributed by atoms with E-state index in [1.165, 1.54) is 32.1 Å². The fourth-order valence-electron chi connectivity index (χ4n) is 3.19. The van der Waals surface area contributed by atoms with E-state index in [2.05, 4.69) is 24.0 Å². The third-order valence-electron chi connectivity index (χ3n) is 4.20. The Balaban J connectivity index is 2.15. The van der Waals surface area contributed by atoms with Crippen molar-refractivity contribution in [2.45, 2.75) is 52.0 Å². The van der Waals surface area contributed by atoms with Crippen molar-refractivity contribution in [2.24, 2.45) is 17.6 Å². The van der Waals surface area contributed by atoms with Gasteiger partial charge in [-0.25, -0.2) is 0 Å². The van der Waals surface area contributed by atoms with E-state index < -0.39 is 0 Å². The largest absolute Gasteiger partial charge is 0.322 e. The molecule has 2 heteroatoms. The molecule has 1 aliphatic rings. The molecule has 2 nitrogen and oxygen atoms in total. The highest BCUT2D eigenvalue weighted by Gasteiger charge is 2.30. The van der Waals surface area contributed by atoms with Crippen molar-refractivity contribution in [1.82, 2.24) is 4.98 Å². The van der Waals surface area contributed by atoms with Gasteiger partial charge in [-0.3, -0.25) is 4.98 Å². The number of pyridine rings is 1. The van der Waals surface area contributed by atoms with E-state index in [4.69, 9.17) is 5.73 Å². The van der Waals surface area contributed by atoms with Gasteiger partial charge in [0.25, 0.3) is 0 Å². The normalized spacial score (nSPS) is 26.8. The predicted molar refractivity (Wildman–Crippen MR) is 71.6 cm³/mol. The summed E-state index contributed by atoms with van der Waals surface area (Å²) in [6, 6.07) is 6.31. The van der Waals surface area contributed by atoms with Crippen molar-refractivity contribution in [2.75, 3.05) is 0 Å². The van der Waals surface area contributed by atoms with Crippen molar-refractivity contribution in [3.63, 3.8) is 0 Å². The second-order valence-corrected chi connectivity index (χ2v) is 5.35. The van der Waals surface area contributed by atoms with Gasteiger partial charge in [0, 0.05) is 5.69 Å². The molecule has 0 amide bonds. The van der Waals surface area contributed by atoms with Gasteiger partial charge in [-0.15, -0.1) is 0 Å². The molecule has 0 aliphatic heterocycles. The van der Waals surface area contributed by atoms with Crippen molar-refractivity contribution >= 4 is 0 Å². The molecule has 1 aromatic rings. The average molecular weight is 232 g/mol. The highest BCUT2D eigenvalue weighted by Crippen LogP contribution is 2.38. The fraction of sp³-hybridized carbons (Fsp3) is 0.667. The highest BCUT2D eigenvalue weighted by atomic mass is 14.8. The van der Waals surface area contributed by atoms with E-state index in [0.29, 0.717) is 5.92 Å². The number of rotatable bonds is 3. The molecular formula is C15H24N2. The van der Waals surface area contributed by atoms with Gasteiger partial charge in [-0.1, -0.05) is 38.7 Å². The summed E-state index contributed by atoms with van der Waals surface area (Å²) in [4.78, 5) is 4.59. The number of hydrogen-bond donors (Lipinski definition) is 1. The molecule has 1 heterocycles. The predicted octanol–water partition coefficient (Wildman–Crippen LogP) is 3.61. The summed E-state index contributed by atoms with van der Waals surface area (Å²) in [5.41, 5.74) is 8.59. The monoisotopic (exact) mass is 232 g/mol. The van der Waals surface area contributed by atoms with Gasteiger partial charge in [0.1, 0.15) is 0 Å². The van der Waals surface area contributed by atoms with Crippen molar-refractivity contribution in [3.8, 4) is 0 Å². The molecular weight excluding hydrogens is 208 g/mol. The maximum absolute atomic E-state index is 6.44. The molecule has 0 bridgehead atoms. The molecule has 1 fully saturated rings. The minimum Gasteiger partial charge on any atom is -0.322 e. The van der Waals surface area contributed by atoms with Crippen LogP contribution in [0.4, 0.5) is 0 Å². The van der Waals surface area contributed by atoms with Crippen LogP contribution in [0.15, 0.2) is 18.2 Å². The lowest BCUT2D eigenvalue weighted by molar-refractivity contribution is 0.194. The van der Waals surface area contributed by atoms with E-state index in [-0.39, 0.29) is 6.04 Å². The lowest BCUT2D eigenvalue weighted by Crippen LogP contribution is -2.31. The molecule has 1 saturated carbocycles. The van der Waals surface area contributed by atoms with Gasteiger partial charge in [0.05, 0.1) is 11.7 Å². The molecule has 0 spiro atoms. The first-order valence-electron chi connectivity index (χ1n) is 6.91. The van der Waals surface area contributed by atoms with Gasteiger partial charge in [-0.2, -0.15) is 0 Å². The quantitative estimate of drug-likeness (QED) is 0.864. The summed E-state index contributed by atoms with van der Waals surface area (Å²) >= 11 is 0. The van der Waals surface area contributed by atoms with Gasteiger partial charge in [0.2, 0.25) is 0 Å². The Hall–Kier alpha value is -0.890. The number of aromatic nitrogens is 1. The van der Waals surface area contributed by atoms with E-state index in [0.717, 1.165) is 17.3 Å². The molecule has 3 atom stereocenters. The summed E-state index contributed by atoms with van der Waals surface area (Å²) in [6.07, 6.45) is 6.59. The summed E-state index contributed by atoms with van der Waals surface area (Å²) < 4.78 is 0. The molecule has 1 aliphatic carbocycles. The summed E-state index contributed by atoms with van der Waals surface area (Å²) in [5, 5.41) is 0. The minimum absolute atomic E-state index is 0.125. The lowest BCUT2D eigenvalue weighted by Gasteiger charge is -2.34. The Morgan fingerprint density at radius 1 is 1.35 bits per heavy atom. The third kappa shape index (κ3) is 2.86. The van der Waals surface area contributed by atoms with Crippen LogP contribution in [-0.4, -0.2) is 4.98 Å². The molecule has 17 heavy (non-hydrogen) atoms. The first kappa shape index (κ1) is 12.6. The molecule has 1 aromatic heterocycles. The molecule has 94 valence electrons. The van der Waals surface area contributed by atoms with Crippen LogP contribution in [0.25, 0.3) is 0 Å². The van der Waals surface area contributed by atoms with Gasteiger partial charge >= 0.3 is 0 Å². The number of hydrogen-bond acceptors (Lipinski definition) is 2. The van der Waals surface area contributed by atoms with Crippen LogP contribution in [0, 0.1) is 18.8 Å². The molecule has 0 radical (unpaired) electrons. The van der Waals surface area contributed by atoms with Crippen LogP contribution in [-0.2, 0) is 0 Å². The molecule has 0 aromatic carbocycles. The van der Waals surface area contributed by atoms with Crippen molar-refractivity contribution < 1.29 is 0 Å². The van der Waals surface area contributed by atoms with E-state index in [9.17, 15) is 0 Å². The lowest BCUT2D eigenvalue weighted by atomic mass is 9.73. The summed E-state index contributed by atoms with van der Waals surface area (Å²) in [7, 11) is 0. The Kier molecular flexibility index (Phi) is 4.16. The zero-order valence-corrected chi connectivity index (χ0v) is 11.0. The summed E-state index contributed by atoms with van der Waals surface area (Å²) in [6.45, 7) is 4.33. The second-order valence-electron chi connectivity index (χ2n) is 5.35.